The zero-order chi connectivity index (χ0) is 20.8. The Morgan fingerprint density at radius 2 is 2.00 bits per heavy atom. The summed E-state index contributed by atoms with van der Waals surface area (Å²) in [7, 11) is 0. The number of hydrogen-bond acceptors (Lipinski definition) is 8. The van der Waals surface area contributed by atoms with Gasteiger partial charge in [0.25, 0.3) is 6.47 Å². The number of carbonyl (C=O) groups is 2. The summed E-state index contributed by atoms with van der Waals surface area (Å²) < 4.78 is 11.6. The smallest absolute Gasteiger partial charge is 0.314 e. The first-order valence-electron chi connectivity index (χ1n) is 9.83. The summed E-state index contributed by atoms with van der Waals surface area (Å²) in [5.74, 6) is 0.408. The number of thiazole rings is 1. The van der Waals surface area contributed by atoms with Crippen molar-refractivity contribution < 1.29 is 19.1 Å². The average molecular weight is 423 g/mol. The number of anilines is 1. The lowest BCUT2D eigenvalue weighted by Gasteiger charge is -2.20. The van der Waals surface area contributed by atoms with Crippen LogP contribution in [-0.4, -0.2) is 23.6 Å². The quantitative estimate of drug-likeness (QED) is 0.194. The van der Waals surface area contributed by atoms with Crippen molar-refractivity contribution >= 4 is 45.3 Å². The lowest BCUT2D eigenvalue weighted by atomic mass is 9.89. The molecular formula is C22H21N3O4S. The van der Waals surface area contributed by atoms with Gasteiger partial charge in [0, 0.05) is 5.56 Å². The van der Waals surface area contributed by atoms with Crippen molar-refractivity contribution in [2.45, 2.75) is 32.1 Å². The molecule has 0 atom stereocenters. The van der Waals surface area contributed by atoms with E-state index in [0.717, 1.165) is 42.3 Å². The van der Waals surface area contributed by atoms with Gasteiger partial charge in [-0.05, 0) is 43.2 Å². The molecule has 1 heterocycles. The van der Waals surface area contributed by atoms with Crippen LogP contribution < -0.4 is 14.9 Å². The van der Waals surface area contributed by atoms with E-state index >= 15 is 0 Å². The third-order valence-electron chi connectivity index (χ3n) is 4.97. The monoisotopic (exact) mass is 423 g/mol. The van der Waals surface area contributed by atoms with Crippen LogP contribution in [0.25, 0.3) is 10.2 Å². The van der Waals surface area contributed by atoms with E-state index in [0.29, 0.717) is 28.7 Å². The largest absolute Gasteiger partial charge is 0.429 e. The van der Waals surface area contributed by atoms with Crippen molar-refractivity contribution in [2.75, 3.05) is 5.43 Å². The minimum atomic E-state index is -0.229. The highest BCUT2D eigenvalue weighted by Gasteiger charge is 2.23. The minimum absolute atomic E-state index is 0.0738. The third-order valence-corrected chi connectivity index (χ3v) is 5.91. The Labute approximate surface area is 177 Å². The molecule has 1 fully saturated rings. The lowest BCUT2D eigenvalue weighted by Crippen LogP contribution is -2.23. The molecule has 7 nitrogen and oxygen atoms in total. The highest BCUT2D eigenvalue weighted by atomic mass is 32.1. The van der Waals surface area contributed by atoms with Gasteiger partial charge in [-0.3, -0.25) is 15.0 Å². The predicted molar refractivity (Wildman–Crippen MR) is 116 cm³/mol. The van der Waals surface area contributed by atoms with Gasteiger partial charge in [0.15, 0.2) is 0 Å². The number of nitrogens with one attached hydrogen (secondary N) is 1. The summed E-state index contributed by atoms with van der Waals surface area (Å²) in [6, 6.07) is 12.6. The minimum Gasteiger partial charge on any atom is -0.429 e. The Hall–Kier alpha value is -3.26. The van der Waals surface area contributed by atoms with E-state index in [4.69, 9.17) is 9.47 Å². The zero-order valence-electron chi connectivity index (χ0n) is 16.2. The molecule has 1 aromatic heterocycles. The number of carbonyl (C=O) groups excluding carboxylic acids is 2. The summed E-state index contributed by atoms with van der Waals surface area (Å²) >= 11 is 1.48. The molecule has 0 amide bonds. The highest BCUT2D eigenvalue weighted by Crippen LogP contribution is 2.29. The molecule has 0 unspecified atom stereocenters. The van der Waals surface area contributed by atoms with Crippen molar-refractivity contribution in [3.63, 3.8) is 0 Å². The number of ether oxygens (including phenoxy) is 2. The van der Waals surface area contributed by atoms with E-state index < -0.39 is 0 Å². The van der Waals surface area contributed by atoms with E-state index in [2.05, 4.69) is 15.5 Å². The third kappa shape index (κ3) is 4.83. The van der Waals surface area contributed by atoms with E-state index in [1.807, 2.05) is 24.3 Å². The first-order valence-corrected chi connectivity index (χ1v) is 10.7. The molecule has 30 heavy (non-hydrogen) atoms. The maximum atomic E-state index is 12.5. The van der Waals surface area contributed by atoms with Crippen LogP contribution in [0.15, 0.2) is 47.6 Å². The first kappa shape index (κ1) is 20.0. The first-order chi connectivity index (χ1) is 14.7. The number of hydrazone groups is 1. The lowest BCUT2D eigenvalue weighted by molar-refractivity contribution is -0.140. The number of benzene rings is 2. The fourth-order valence-electron chi connectivity index (χ4n) is 3.46. The topological polar surface area (TPSA) is 89.9 Å². The van der Waals surface area contributed by atoms with Gasteiger partial charge in [0.05, 0.1) is 22.3 Å². The summed E-state index contributed by atoms with van der Waals surface area (Å²) in [5, 5.41) is 4.87. The fourth-order valence-corrected chi connectivity index (χ4v) is 4.27. The van der Waals surface area contributed by atoms with Gasteiger partial charge >= 0.3 is 5.97 Å². The maximum Gasteiger partial charge on any atom is 0.314 e. The Balaban J connectivity index is 1.51. The molecule has 1 saturated carbocycles. The molecule has 0 bridgehead atoms. The van der Waals surface area contributed by atoms with Crippen LogP contribution in [0, 0.1) is 5.92 Å². The molecule has 1 N–H and O–H groups in total. The van der Waals surface area contributed by atoms with Gasteiger partial charge in [0.1, 0.15) is 11.5 Å². The van der Waals surface area contributed by atoms with Crippen molar-refractivity contribution in [3.8, 4) is 11.5 Å². The maximum absolute atomic E-state index is 12.5. The van der Waals surface area contributed by atoms with Crippen molar-refractivity contribution in [1.82, 2.24) is 4.98 Å². The zero-order valence-corrected chi connectivity index (χ0v) is 17.1. The van der Waals surface area contributed by atoms with Crippen molar-refractivity contribution in [1.29, 1.82) is 0 Å². The predicted octanol–water partition coefficient (Wildman–Crippen LogP) is 4.76. The highest BCUT2D eigenvalue weighted by molar-refractivity contribution is 7.22. The summed E-state index contributed by atoms with van der Waals surface area (Å²) in [6.07, 6.45) is 6.49. The molecule has 154 valence electrons. The van der Waals surface area contributed by atoms with Gasteiger partial charge in [-0.1, -0.05) is 42.7 Å². The fraction of sp³-hybridized carbons (Fsp3) is 0.273. The number of para-hydroxylation sites is 1. The summed E-state index contributed by atoms with van der Waals surface area (Å²) in [6.45, 7) is 0.351. The number of esters is 1. The number of rotatable bonds is 7. The Morgan fingerprint density at radius 3 is 2.80 bits per heavy atom. The average Bonchev–Trinajstić information content (AvgIpc) is 3.19. The molecule has 3 aromatic rings. The number of aromatic nitrogens is 1. The van der Waals surface area contributed by atoms with E-state index in [9.17, 15) is 9.59 Å². The van der Waals surface area contributed by atoms with Crippen LogP contribution in [0.5, 0.6) is 11.5 Å². The molecule has 1 aliphatic rings. The normalized spacial score (nSPS) is 14.7. The van der Waals surface area contributed by atoms with Gasteiger partial charge in [0.2, 0.25) is 5.13 Å². The summed E-state index contributed by atoms with van der Waals surface area (Å²) in [4.78, 5) is 27.7. The van der Waals surface area contributed by atoms with Crippen LogP contribution >= 0.6 is 11.3 Å². The number of fused-ring (bicyclic) bond motifs is 1. The Bertz CT molecular complexity index is 1040. The molecule has 2 aromatic carbocycles. The molecule has 1 aliphatic carbocycles. The van der Waals surface area contributed by atoms with Gasteiger partial charge in [-0.2, -0.15) is 5.10 Å². The van der Waals surface area contributed by atoms with Gasteiger partial charge < -0.3 is 9.47 Å². The SMILES string of the molecule is O=COc1ccc(OC(=O)C2CCCCC2)c(/C=N/Nc2nc3ccccc3s2)c1. The van der Waals surface area contributed by atoms with Crippen LogP contribution in [0.1, 0.15) is 37.7 Å². The number of hydrogen-bond donors (Lipinski definition) is 1. The molecule has 0 radical (unpaired) electrons. The standard InChI is InChI=1S/C22H21N3O4S/c26-14-28-17-10-11-19(29-21(27)15-6-2-1-3-7-15)16(12-17)13-23-25-22-24-18-8-4-5-9-20(18)30-22/h4-5,8-15H,1-3,6-7H2,(H,24,25)/b23-13+. The second-order valence-electron chi connectivity index (χ2n) is 7.03. The van der Waals surface area contributed by atoms with Crippen LogP contribution in [0.4, 0.5) is 5.13 Å². The summed E-state index contributed by atoms with van der Waals surface area (Å²) in [5.41, 5.74) is 4.32. The van der Waals surface area contributed by atoms with Crippen LogP contribution in [-0.2, 0) is 9.59 Å². The second-order valence-corrected chi connectivity index (χ2v) is 8.06. The van der Waals surface area contributed by atoms with Crippen molar-refractivity contribution in [2.24, 2.45) is 11.0 Å². The van der Waals surface area contributed by atoms with Crippen LogP contribution in [0.3, 0.4) is 0 Å². The van der Waals surface area contributed by atoms with E-state index in [1.165, 1.54) is 17.6 Å². The van der Waals surface area contributed by atoms with E-state index in [1.54, 1.807) is 18.2 Å². The second kappa shape index (κ2) is 9.49. The van der Waals surface area contributed by atoms with Gasteiger partial charge in [-0.15, -0.1) is 0 Å². The molecule has 0 spiro atoms. The molecular weight excluding hydrogens is 402 g/mol. The van der Waals surface area contributed by atoms with Crippen molar-refractivity contribution in [3.05, 3.63) is 48.0 Å². The Morgan fingerprint density at radius 1 is 1.17 bits per heavy atom. The van der Waals surface area contributed by atoms with Gasteiger partial charge in [-0.25, -0.2) is 4.98 Å². The van der Waals surface area contributed by atoms with Crippen LogP contribution in [0.2, 0.25) is 0 Å². The Kier molecular flexibility index (Phi) is 6.34. The molecule has 8 heteroatoms. The molecule has 4 rings (SSSR count). The molecule has 0 saturated heterocycles. The molecule has 0 aliphatic heterocycles. The number of nitrogens with zero attached hydrogens (tertiary/aromatic N) is 2. The van der Waals surface area contributed by atoms with E-state index in [-0.39, 0.29) is 11.9 Å².